The van der Waals surface area contributed by atoms with Crippen molar-refractivity contribution < 1.29 is 4.74 Å². The summed E-state index contributed by atoms with van der Waals surface area (Å²) in [6.45, 7) is 4.19. The van der Waals surface area contributed by atoms with Crippen LogP contribution in [0.25, 0.3) is 0 Å². The van der Waals surface area contributed by atoms with E-state index in [0.29, 0.717) is 12.1 Å². The Hall–Kier alpha value is -0.860. The van der Waals surface area contributed by atoms with Crippen molar-refractivity contribution in [1.29, 1.82) is 0 Å². The lowest BCUT2D eigenvalue weighted by molar-refractivity contribution is -0.00545. The molecule has 0 aliphatic heterocycles. The molecule has 2 rings (SSSR count). The van der Waals surface area contributed by atoms with Crippen LogP contribution in [0.3, 0.4) is 0 Å². The number of ether oxygens (including phenoxy) is 1. The first-order valence-electron chi connectivity index (χ1n) is 5.63. The smallest absolute Gasteiger partial charge is 0.0813 e. The fourth-order valence-electron chi connectivity index (χ4n) is 2.38. The van der Waals surface area contributed by atoms with Gasteiger partial charge in [0, 0.05) is 6.42 Å². The second-order valence-electron chi connectivity index (χ2n) is 4.39. The van der Waals surface area contributed by atoms with E-state index in [4.69, 9.17) is 4.74 Å². The molecule has 0 saturated carbocycles. The second-order valence-corrected chi connectivity index (χ2v) is 4.39. The van der Waals surface area contributed by atoms with Crippen LogP contribution < -0.4 is 5.32 Å². The standard InChI is InChI=1S/C13H19NO/c1-9(2)15-12-8-10-6-4-5-7-11(10)13(12)14-3/h4-7,9,12-14H,8H2,1-3H3. The molecule has 15 heavy (non-hydrogen) atoms. The third-order valence-electron chi connectivity index (χ3n) is 2.94. The fraction of sp³-hybridized carbons (Fsp3) is 0.538. The molecule has 0 amide bonds. The van der Waals surface area contributed by atoms with Gasteiger partial charge in [-0.05, 0) is 32.0 Å². The average molecular weight is 205 g/mol. The molecule has 0 bridgehead atoms. The normalized spacial score (nSPS) is 24.5. The van der Waals surface area contributed by atoms with Crippen molar-refractivity contribution in [3.05, 3.63) is 35.4 Å². The summed E-state index contributed by atoms with van der Waals surface area (Å²) in [7, 11) is 2.00. The van der Waals surface area contributed by atoms with Gasteiger partial charge in [0.05, 0.1) is 18.2 Å². The van der Waals surface area contributed by atoms with Gasteiger partial charge in [0.2, 0.25) is 0 Å². The van der Waals surface area contributed by atoms with Gasteiger partial charge < -0.3 is 10.1 Å². The summed E-state index contributed by atoms with van der Waals surface area (Å²) >= 11 is 0. The van der Waals surface area contributed by atoms with Crippen LogP contribution in [0.15, 0.2) is 24.3 Å². The second kappa shape index (κ2) is 4.33. The highest BCUT2D eigenvalue weighted by atomic mass is 16.5. The lowest BCUT2D eigenvalue weighted by Crippen LogP contribution is -2.30. The summed E-state index contributed by atoms with van der Waals surface area (Å²) in [6, 6.07) is 8.94. The molecule has 2 atom stereocenters. The average Bonchev–Trinajstić information content (AvgIpc) is 2.53. The molecule has 82 valence electrons. The van der Waals surface area contributed by atoms with E-state index in [1.165, 1.54) is 11.1 Å². The molecule has 2 heteroatoms. The minimum Gasteiger partial charge on any atom is -0.373 e. The lowest BCUT2D eigenvalue weighted by atomic mass is 10.1. The van der Waals surface area contributed by atoms with Gasteiger partial charge >= 0.3 is 0 Å². The van der Waals surface area contributed by atoms with Gasteiger partial charge in [-0.3, -0.25) is 0 Å². The van der Waals surface area contributed by atoms with Gasteiger partial charge in [0.15, 0.2) is 0 Å². The van der Waals surface area contributed by atoms with Crippen LogP contribution in [0.2, 0.25) is 0 Å². The van der Waals surface area contributed by atoms with E-state index in [-0.39, 0.29) is 6.10 Å². The minimum atomic E-state index is 0.285. The van der Waals surface area contributed by atoms with Gasteiger partial charge in [0.25, 0.3) is 0 Å². The maximum Gasteiger partial charge on any atom is 0.0813 e. The largest absolute Gasteiger partial charge is 0.373 e. The van der Waals surface area contributed by atoms with E-state index in [0.717, 1.165) is 6.42 Å². The Labute approximate surface area is 91.6 Å². The molecule has 0 fully saturated rings. The van der Waals surface area contributed by atoms with Crippen LogP contribution in [0.1, 0.15) is 31.0 Å². The number of rotatable bonds is 3. The summed E-state index contributed by atoms with van der Waals surface area (Å²) in [6.07, 6.45) is 1.60. The Kier molecular flexibility index (Phi) is 3.08. The molecule has 1 aliphatic carbocycles. The maximum atomic E-state index is 5.93. The molecule has 0 saturated heterocycles. The summed E-state index contributed by atoms with van der Waals surface area (Å²) in [4.78, 5) is 0. The SMILES string of the molecule is CNC1c2ccccc2CC1OC(C)C. The summed E-state index contributed by atoms with van der Waals surface area (Å²) in [5, 5.41) is 3.35. The van der Waals surface area contributed by atoms with Crippen LogP contribution in [-0.2, 0) is 11.2 Å². The van der Waals surface area contributed by atoms with Crippen LogP contribution in [0.5, 0.6) is 0 Å². The van der Waals surface area contributed by atoms with E-state index in [9.17, 15) is 0 Å². The molecule has 1 N–H and O–H groups in total. The lowest BCUT2D eigenvalue weighted by Gasteiger charge is -2.22. The Morgan fingerprint density at radius 2 is 2.07 bits per heavy atom. The molecule has 1 aromatic carbocycles. The quantitative estimate of drug-likeness (QED) is 0.817. The monoisotopic (exact) mass is 205 g/mol. The zero-order valence-electron chi connectivity index (χ0n) is 9.66. The zero-order chi connectivity index (χ0) is 10.8. The number of hydrogen-bond donors (Lipinski definition) is 1. The molecule has 2 nitrogen and oxygen atoms in total. The first-order valence-corrected chi connectivity index (χ1v) is 5.63. The Morgan fingerprint density at radius 3 is 2.73 bits per heavy atom. The molecule has 0 radical (unpaired) electrons. The predicted octanol–water partition coefficient (Wildman–Crippen LogP) is 2.30. The summed E-state index contributed by atoms with van der Waals surface area (Å²) < 4.78 is 5.93. The van der Waals surface area contributed by atoms with E-state index < -0.39 is 0 Å². The first kappa shape index (κ1) is 10.7. The number of benzene rings is 1. The third kappa shape index (κ3) is 2.06. The van der Waals surface area contributed by atoms with Crippen molar-refractivity contribution >= 4 is 0 Å². The molecular weight excluding hydrogens is 186 g/mol. The van der Waals surface area contributed by atoms with Gasteiger partial charge in [0.1, 0.15) is 0 Å². The van der Waals surface area contributed by atoms with Crippen molar-refractivity contribution in [2.45, 2.75) is 38.5 Å². The fourth-order valence-corrected chi connectivity index (χ4v) is 2.38. The van der Waals surface area contributed by atoms with E-state index in [1.54, 1.807) is 0 Å². The number of nitrogens with one attached hydrogen (secondary N) is 1. The molecule has 2 unspecified atom stereocenters. The van der Waals surface area contributed by atoms with E-state index in [1.807, 2.05) is 7.05 Å². The highest BCUT2D eigenvalue weighted by Crippen LogP contribution is 2.33. The molecule has 1 aliphatic rings. The van der Waals surface area contributed by atoms with Gasteiger partial charge in [-0.1, -0.05) is 24.3 Å². The highest BCUT2D eigenvalue weighted by molar-refractivity contribution is 5.36. The van der Waals surface area contributed by atoms with Crippen LogP contribution >= 0.6 is 0 Å². The van der Waals surface area contributed by atoms with Crippen LogP contribution in [0.4, 0.5) is 0 Å². The third-order valence-corrected chi connectivity index (χ3v) is 2.94. The van der Waals surface area contributed by atoms with Gasteiger partial charge in [-0.15, -0.1) is 0 Å². The van der Waals surface area contributed by atoms with Crippen LogP contribution in [0, 0.1) is 0 Å². The molecule has 0 heterocycles. The van der Waals surface area contributed by atoms with Crippen molar-refractivity contribution in [2.24, 2.45) is 0 Å². The number of hydrogen-bond acceptors (Lipinski definition) is 2. The van der Waals surface area contributed by atoms with Crippen molar-refractivity contribution in [2.75, 3.05) is 7.05 Å². The first-order chi connectivity index (χ1) is 7.22. The van der Waals surface area contributed by atoms with E-state index in [2.05, 4.69) is 43.4 Å². The van der Waals surface area contributed by atoms with Crippen molar-refractivity contribution in [3.63, 3.8) is 0 Å². The maximum absolute atomic E-state index is 5.93. The Balaban J connectivity index is 2.21. The summed E-state index contributed by atoms with van der Waals surface area (Å²) in [5.74, 6) is 0. The molecule has 0 aromatic heterocycles. The predicted molar refractivity (Wildman–Crippen MR) is 62.0 cm³/mol. The Bertz CT molecular complexity index is 335. The number of fused-ring (bicyclic) bond motifs is 1. The number of likely N-dealkylation sites (N-methyl/N-ethyl adjacent to an activating group) is 1. The van der Waals surface area contributed by atoms with Crippen LogP contribution in [-0.4, -0.2) is 19.3 Å². The van der Waals surface area contributed by atoms with Crippen molar-refractivity contribution in [3.8, 4) is 0 Å². The van der Waals surface area contributed by atoms with Crippen molar-refractivity contribution in [1.82, 2.24) is 5.32 Å². The van der Waals surface area contributed by atoms with Gasteiger partial charge in [-0.2, -0.15) is 0 Å². The van der Waals surface area contributed by atoms with E-state index >= 15 is 0 Å². The molecule has 0 spiro atoms. The topological polar surface area (TPSA) is 21.3 Å². The summed E-state index contributed by atoms with van der Waals surface area (Å²) in [5.41, 5.74) is 2.81. The molecular formula is C13H19NO. The zero-order valence-corrected chi connectivity index (χ0v) is 9.66. The van der Waals surface area contributed by atoms with Gasteiger partial charge in [-0.25, -0.2) is 0 Å². The Morgan fingerprint density at radius 1 is 1.33 bits per heavy atom. The molecule has 1 aromatic rings. The minimum absolute atomic E-state index is 0.285. The highest BCUT2D eigenvalue weighted by Gasteiger charge is 2.32.